The van der Waals surface area contributed by atoms with E-state index >= 15 is 0 Å². The summed E-state index contributed by atoms with van der Waals surface area (Å²) in [6.07, 6.45) is 4.08. The standard InChI is InChI=1S/C38H42N4O6/c43-33-30(19-8-3-11-22-48-36(46)27-15-6-2-7-16-27)39-34(44)32-20-12-21-42(32)35(45)31(23-26-13-4-1-5-14-26)40-37(47)38(41-33)24-28-17-9-10-18-29(28)25-38/h1-2,4-7,9-10,13-18,30-32H,3,8,11-12,19-25H2,(H,39,44)(H,40,47)(H,41,43)/t30-,31?,32+/m0/s1. The van der Waals surface area contributed by atoms with Crippen molar-refractivity contribution in [2.24, 2.45) is 0 Å². The molecule has 1 aliphatic carbocycles. The number of nitrogens with one attached hydrogen (secondary N) is 3. The normalized spacial score (nSPS) is 22.1. The fourth-order valence-corrected chi connectivity index (χ4v) is 7.08. The lowest BCUT2D eigenvalue weighted by Gasteiger charge is -2.36. The molecule has 2 heterocycles. The number of nitrogens with zero attached hydrogens (tertiary/aromatic N) is 1. The average molecular weight is 651 g/mol. The van der Waals surface area contributed by atoms with Gasteiger partial charge in [-0.05, 0) is 60.9 Å². The van der Waals surface area contributed by atoms with Gasteiger partial charge in [-0.2, -0.15) is 0 Å². The lowest BCUT2D eigenvalue weighted by Crippen LogP contribution is -2.67. The molecule has 3 N–H and O–H groups in total. The topological polar surface area (TPSA) is 134 Å². The second-order valence-electron chi connectivity index (χ2n) is 13.0. The smallest absolute Gasteiger partial charge is 0.338 e. The summed E-state index contributed by atoms with van der Waals surface area (Å²) in [5.74, 6) is -1.90. The Morgan fingerprint density at radius 1 is 0.771 bits per heavy atom. The maximum atomic E-state index is 14.3. The van der Waals surface area contributed by atoms with E-state index in [1.54, 1.807) is 29.2 Å². The van der Waals surface area contributed by atoms with Gasteiger partial charge < -0.3 is 25.6 Å². The largest absolute Gasteiger partial charge is 0.462 e. The molecule has 250 valence electrons. The van der Waals surface area contributed by atoms with Crippen LogP contribution in [0.25, 0.3) is 0 Å². The molecular weight excluding hydrogens is 608 g/mol. The molecule has 1 unspecified atom stereocenters. The molecule has 6 rings (SSSR count). The minimum Gasteiger partial charge on any atom is -0.462 e. The summed E-state index contributed by atoms with van der Waals surface area (Å²) in [6, 6.07) is 23.4. The zero-order valence-corrected chi connectivity index (χ0v) is 27.0. The Kier molecular flexibility index (Phi) is 10.2. The van der Waals surface area contributed by atoms with Gasteiger partial charge in [0.1, 0.15) is 23.7 Å². The second kappa shape index (κ2) is 14.8. The van der Waals surface area contributed by atoms with Crippen LogP contribution in [-0.2, 0) is 43.2 Å². The number of fused-ring (bicyclic) bond motifs is 2. The molecule has 2 saturated heterocycles. The SMILES string of the molecule is O=C(OCCCCC[C@@H]1NC(=O)[C@H]2CCCN2C(=O)C(Cc2ccccc2)NC(=O)C2(Cc3ccccc3C2)NC1=O)c1ccccc1. The van der Waals surface area contributed by atoms with Gasteiger partial charge in [0.05, 0.1) is 12.2 Å². The van der Waals surface area contributed by atoms with Crippen LogP contribution < -0.4 is 16.0 Å². The molecule has 0 bridgehead atoms. The number of benzene rings is 3. The van der Waals surface area contributed by atoms with Crippen LogP contribution in [0.4, 0.5) is 0 Å². The summed E-state index contributed by atoms with van der Waals surface area (Å²) >= 11 is 0. The van der Waals surface area contributed by atoms with E-state index in [-0.39, 0.29) is 43.7 Å². The third-order valence-corrected chi connectivity index (χ3v) is 9.64. The van der Waals surface area contributed by atoms with E-state index in [1.807, 2.05) is 60.7 Å². The molecule has 4 amide bonds. The van der Waals surface area contributed by atoms with Gasteiger partial charge in [0, 0.05) is 25.8 Å². The van der Waals surface area contributed by atoms with Gasteiger partial charge in [0.2, 0.25) is 23.6 Å². The number of carbonyl (C=O) groups excluding carboxylic acids is 5. The molecule has 48 heavy (non-hydrogen) atoms. The first-order valence-electron chi connectivity index (χ1n) is 16.9. The fraction of sp³-hybridized carbons (Fsp3) is 0.395. The third-order valence-electron chi connectivity index (χ3n) is 9.64. The molecule has 0 saturated carbocycles. The molecule has 10 nitrogen and oxygen atoms in total. The van der Waals surface area contributed by atoms with Crippen molar-refractivity contribution in [2.75, 3.05) is 13.2 Å². The van der Waals surface area contributed by atoms with Crippen molar-refractivity contribution in [1.29, 1.82) is 0 Å². The van der Waals surface area contributed by atoms with Crippen LogP contribution in [-0.4, -0.2) is 71.3 Å². The second-order valence-corrected chi connectivity index (χ2v) is 13.0. The van der Waals surface area contributed by atoms with E-state index in [0.29, 0.717) is 50.6 Å². The van der Waals surface area contributed by atoms with Crippen molar-refractivity contribution in [3.63, 3.8) is 0 Å². The molecule has 1 spiro atoms. The van der Waals surface area contributed by atoms with Gasteiger partial charge in [-0.3, -0.25) is 19.2 Å². The van der Waals surface area contributed by atoms with E-state index in [4.69, 9.17) is 4.74 Å². The van der Waals surface area contributed by atoms with Crippen molar-refractivity contribution < 1.29 is 28.7 Å². The predicted molar refractivity (Wildman–Crippen MR) is 179 cm³/mol. The van der Waals surface area contributed by atoms with Crippen LogP contribution >= 0.6 is 0 Å². The molecular formula is C38H42N4O6. The van der Waals surface area contributed by atoms with Gasteiger partial charge >= 0.3 is 5.97 Å². The zero-order chi connectivity index (χ0) is 33.5. The van der Waals surface area contributed by atoms with Crippen LogP contribution in [0, 0.1) is 0 Å². The zero-order valence-electron chi connectivity index (χ0n) is 27.0. The molecule has 3 aromatic carbocycles. The highest BCUT2D eigenvalue weighted by Gasteiger charge is 2.48. The Morgan fingerprint density at radius 2 is 1.44 bits per heavy atom. The van der Waals surface area contributed by atoms with Crippen LogP contribution in [0.2, 0.25) is 0 Å². The Labute approximate surface area is 280 Å². The Balaban J connectivity index is 1.20. The van der Waals surface area contributed by atoms with Gasteiger partial charge in [0.15, 0.2) is 0 Å². The summed E-state index contributed by atoms with van der Waals surface area (Å²) in [5.41, 5.74) is 1.95. The quantitative estimate of drug-likeness (QED) is 0.241. The van der Waals surface area contributed by atoms with Crippen molar-refractivity contribution in [1.82, 2.24) is 20.9 Å². The highest BCUT2D eigenvalue weighted by molar-refractivity contribution is 6.00. The van der Waals surface area contributed by atoms with Gasteiger partial charge in [0.25, 0.3) is 0 Å². The first-order chi connectivity index (χ1) is 23.3. The monoisotopic (exact) mass is 650 g/mol. The average Bonchev–Trinajstić information content (AvgIpc) is 3.75. The van der Waals surface area contributed by atoms with E-state index in [9.17, 15) is 24.0 Å². The third kappa shape index (κ3) is 7.43. The van der Waals surface area contributed by atoms with Crippen LogP contribution in [0.15, 0.2) is 84.9 Å². The molecule has 3 atom stereocenters. The first kappa shape index (κ1) is 32.9. The lowest BCUT2D eigenvalue weighted by molar-refractivity contribution is -0.144. The number of hydrogen-bond acceptors (Lipinski definition) is 6. The van der Waals surface area contributed by atoms with E-state index in [1.165, 1.54) is 0 Å². The maximum Gasteiger partial charge on any atom is 0.338 e. The number of amides is 4. The predicted octanol–water partition coefficient (Wildman–Crippen LogP) is 3.27. The van der Waals surface area contributed by atoms with E-state index in [2.05, 4.69) is 16.0 Å². The van der Waals surface area contributed by atoms with E-state index < -0.39 is 35.5 Å². The maximum absolute atomic E-state index is 14.3. The number of esters is 1. The van der Waals surface area contributed by atoms with Crippen molar-refractivity contribution >= 4 is 29.6 Å². The summed E-state index contributed by atoms with van der Waals surface area (Å²) in [6.45, 7) is 0.634. The minimum absolute atomic E-state index is 0.238. The number of unbranched alkanes of at least 4 members (excludes halogenated alkanes) is 2. The molecule has 3 aromatic rings. The molecule has 0 radical (unpaired) electrons. The summed E-state index contributed by atoms with van der Waals surface area (Å²) < 4.78 is 5.39. The van der Waals surface area contributed by atoms with Crippen molar-refractivity contribution in [3.8, 4) is 0 Å². The molecule has 3 aliphatic rings. The number of ether oxygens (including phenoxy) is 1. The highest BCUT2D eigenvalue weighted by atomic mass is 16.5. The molecule has 0 aromatic heterocycles. The Morgan fingerprint density at radius 3 is 2.15 bits per heavy atom. The fourth-order valence-electron chi connectivity index (χ4n) is 7.08. The van der Waals surface area contributed by atoms with Gasteiger partial charge in [-0.15, -0.1) is 0 Å². The number of carbonyl (C=O) groups is 5. The summed E-state index contributed by atoms with van der Waals surface area (Å²) in [5, 5.41) is 9.05. The highest BCUT2D eigenvalue weighted by Crippen LogP contribution is 2.32. The van der Waals surface area contributed by atoms with Gasteiger partial charge in [-0.25, -0.2) is 4.79 Å². The Bertz CT molecular complexity index is 1620. The van der Waals surface area contributed by atoms with Crippen LogP contribution in [0.5, 0.6) is 0 Å². The molecule has 2 aliphatic heterocycles. The summed E-state index contributed by atoms with van der Waals surface area (Å²) in [4.78, 5) is 70.1. The van der Waals surface area contributed by atoms with Crippen LogP contribution in [0.1, 0.15) is 65.6 Å². The van der Waals surface area contributed by atoms with Crippen molar-refractivity contribution in [3.05, 3.63) is 107 Å². The molecule has 2 fully saturated rings. The van der Waals surface area contributed by atoms with Crippen molar-refractivity contribution in [2.45, 2.75) is 81.5 Å². The molecule has 10 heteroatoms. The number of hydrogen-bond donors (Lipinski definition) is 3. The first-order valence-corrected chi connectivity index (χ1v) is 16.9. The van der Waals surface area contributed by atoms with Gasteiger partial charge in [-0.1, -0.05) is 79.2 Å². The number of rotatable bonds is 9. The Hall–Kier alpha value is -4.99. The van der Waals surface area contributed by atoms with Crippen LogP contribution in [0.3, 0.4) is 0 Å². The lowest BCUT2D eigenvalue weighted by atomic mass is 9.91. The minimum atomic E-state index is -1.33. The van der Waals surface area contributed by atoms with E-state index in [0.717, 1.165) is 16.7 Å². The summed E-state index contributed by atoms with van der Waals surface area (Å²) in [7, 11) is 0.